The van der Waals surface area contributed by atoms with Crippen LogP contribution in [0.15, 0.2) is 48.1 Å². The fourth-order valence-electron chi connectivity index (χ4n) is 4.07. The Morgan fingerprint density at radius 3 is 2.87 bits per heavy atom. The van der Waals surface area contributed by atoms with E-state index >= 15 is 0 Å². The van der Waals surface area contributed by atoms with Crippen LogP contribution in [-0.2, 0) is 11.3 Å². The first-order valence-corrected chi connectivity index (χ1v) is 10.8. The molecule has 6 N–H and O–H groups in total. The number of rotatable bonds is 8. The summed E-state index contributed by atoms with van der Waals surface area (Å²) in [6.07, 6.45) is 9.01. The Balaban J connectivity index is 1.41. The molecular weight excluding hydrogens is 395 g/mol. The van der Waals surface area contributed by atoms with E-state index < -0.39 is 6.04 Å². The maximum atomic E-state index is 14.2. The van der Waals surface area contributed by atoms with Crippen LogP contribution in [0.5, 0.6) is 0 Å². The van der Waals surface area contributed by atoms with Gasteiger partial charge in [-0.3, -0.25) is 4.79 Å². The minimum atomic E-state index is -0.602. The second-order valence-electron chi connectivity index (χ2n) is 8.69. The minimum Gasteiger partial charge on any atom is -0.397 e. The van der Waals surface area contributed by atoms with Gasteiger partial charge >= 0.3 is 0 Å². The maximum absolute atomic E-state index is 14.2. The van der Waals surface area contributed by atoms with E-state index in [2.05, 4.69) is 28.3 Å². The molecule has 166 valence electrons. The van der Waals surface area contributed by atoms with Crippen LogP contribution in [0.1, 0.15) is 37.3 Å². The normalized spacial score (nSPS) is 21.6. The van der Waals surface area contributed by atoms with E-state index in [0.29, 0.717) is 23.5 Å². The Bertz CT molecular complexity index is 936. The summed E-state index contributed by atoms with van der Waals surface area (Å²) in [6.45, 7) is 2.99. The van der Waals surface area contributed by atoms with Crippen molar-refractivity contribution in [3.05, 3.63) is 65.0 Å². The van der Waals surface area contributed by atoms with Crippen LogP contribution < -0.4 is 27.1 Å². The first-order chi connectivity index (χ1) is 14.9. The van der Waals surface area contributed by atoms with Gasteiger partial charge in [-0.2, -0.15) is 0 Å². The molecule has 2 heterocycles. The smallest absolute Gasteiger partial charge is 0.249 e. The lowest BCUT2D eigenvalue weighted by Gasteiger charge is -2.28. The van der Waals surface area contributed by atoms with Gasteiger partial charge in [-0.25, -0.2) is 9.82 Å². The monoisotopic (exact) mass is 426 g/mol. The van der Waals surface area contributed by atoms with Gasteiger partial charge in [-0.15, -0.1) is 0 Å². The van der Waals surface area contributed by atoms with Gasteiger partial charge in [0, 0.05) is 32.4 Å². The molecule has 2 aliphatic heterocycles. The number of carbonyl (C=O) groups is 1. The van der Waals surface area contributed by atoms with Crippen LogP contribution in [0.3, 0.4) is 0 Å². The van der Waals surface area contributed by atoms with Crippen molar-refractivity contribution >= 4 is 11.5 Å². The van der Waals surface area contributed by atoms with Gasteiger partial charge in [0.25, 0.3) is 0 Å². The van der Waals surface area contributed by atoms with Crippen LogP contribution in [0.2, 0.25) is 0 Å². The fraction of sp³-hybridized carbons (Fsp3) is 0.435. The number of allylic oxidation sites excluding steroid dienone is 1. The Labute approximate surface area is 182 Å². The molecule has 1 aromatic rings. The number of hydrazine groups is 1. The van der Waals surface area contributed by atoms with Crippen LogP contribution in [0, 0.1) is 11.7 Å². The van der Waals surface area contributed by atoms with Crippen LogP contribution >= 0.6 is 0 Å². The molecule has 0 spiro atoms. The largest absolute Gasteiger partial charge is 0.397 e. The third-order valence-electron chi connectivity index (χ3n) is 5.84. The summed E-state index contributed by atoms with van der Waals surface area (Å²) >= 11 is 0. The zero-order valence-corrected chi connectivity index (χ0v) is 18.0. The van der Waals surface area contributed by atoms with Crippen molar-refractivity contribution in [2.24, 2.45) is 11.7 Å². The molecule has 0 bridgehead atoms. The molecule has 31 heavy (non-hydrogen) atoms. The van der Waals surface area contributed by atoms with Crippen LogP contribution in [-0.4, -0.2) is 36.6 Å². The third-order valence-corrected chi connectivity index (χ3v) is 5.84. The lowest BCUT2D eigenvalue weighted by molar-refractivity contribution is -0.122. The van der Waals surface area contributed by atoms with Crippen molar-refractivity contribution in [3.8, 4) is 0 Å². The van der Waals surface area contributed by atoms with E-state index in [-0.39, 0.29) is 24.3 Å². The molecule has 1 aromatic carbocycles. The molecule has 1 saturated carbocycles. The van der Waals surface area contributed by atoms with Crippen molar-refractivity contribution in [2.75, 3.05) is 13.6 Å². The summed E-state index contributed by atoms with van der Waals surface area (Å²) in [5.41, 5.74) is 13.1. The number of nitrogens with zero attached hydrogens (tertiary/aromatic N) is 1. The molecule has 1 aliphatic carbocycles. The highest BCUT2D eigenvalue weighted by Crippen LogP contribution is 2.33. The molecule has 7 nitrogen and oxygen atoms in total. The van der Waals surface area contributed by atoms with Crippen LogP contribution in [0.25, 0.3) is 5.57 Å². The van der Waals surface area contributed by atoms with Crippen molar-refractivity contribution in [2.45, 2.75) is 44.8 Å². The summed E-state index contributed by atoms with van der Waals surface area (Å²) in [7, 11) is 1.90. The first-order valence-electron chi connectivity index (χ1n) is 10.8. The highest BCUT2D eigenvalue weighted by atomic mass is 19.1. The topological polar surface area (TPSA) is 94.5 Å². The summed E-state index contributed by atoms with van der Waals surface area (Å²) in [5, 5.41) is 11.3. The summed E-state index contributed by atoms with van der Waals surface area (Å²) < 4.78 is 14.2. The van der Waals surface area contributed by atoms with Gasteiger partial charge < -0.3 is 26.7 Å². The van der Waals surface area contributed by atoms with E-state index in [1.807, 2.05) is 24.3 Å². The number of hydrogen-bond donors (Lipinski definition) is 5. The average molecular weight is 427 g/mol. The molecule has 2 unspecified atom stereocenters. The van der Waals surface area contributed by atoms with Crippen LogP contribution in [0.4, 0.5) is 4.39 Å². The number of amides is 1. The lowest BCUT2D eigenvalue weighted by atomic mass is 10.0. The summed E-state index contributed by atoms with van der Waals surface area (Å²) in [6, 6.07) is 4.51. The molecule has 8 heteroatoms. The van der Waals surface area contributed by atoms with E-state index in [9.17, 15) is 9.18 Å². The standard InChI is InChI=1S/C23H31FN6O/c1-14(7-15-3-4-15)29-21-20(25)5-6-26-22(21)23(31)27-11-16-8-17(10-19(24)9-16)18-12-28-30(2)13-18/h5-6,8-10,13-15,22,26,28-29H,3-4,7,11-12,25H2,1-2H3,(H,27,31). The Morgan fingerprint density at radius 2 is 2.16 bits per heavy atom. The van der Waals surface area contributed by atoms with Crippen molar-refractivity contribution < 1.29 is 9.18 Å². The predicted octanol–water partition coefficient (Wildman–Crippen LogP) is 1.67. The fourth-order valence-corrected chi connectivity index (χ4v) is 4.07. The van der Waals surface area contributed by atoms with E-state index in [1.54, 1.807) is 12.3 Å². The molecular formula is C23H31FN6O. The van der Waals surface area contributed by atoms with Gasteiger partial charge in [0.05, 0.1) is 11.4 Å². The van der Waals surface area contributed by atoms with E-state index in [1.165, 1.54) is 25.0 Å². The average Bonchev–Trinajstić information content (AvgIpc) is 3.43. The number of hydrogen-bond acceptors (Lipinski definition) is 6. The molecule has 4 rings (SSSR count). The molecule has 1 fully saturated rings. The Hall–Kier alpha value is -3.00. The number of nitrogens with two attached hydrogens (primary N) is 1. The first kappa shape index (κ1) is 21.2. The maximum Gasteiger partial charge on any atom is 0.249 e. The third kappa shape index (κ3) is 5.38. The SMILES string of the molecule is CC(CC1CC1)NC1=C(N)C=CNC1C(=O)NCc1cc(F)cc(C2=CN(C)NC2)c1. The quantitative estimate of drug-likeness (QED) is 0.434. The number of carbonyl (C=O) groups excluding carboxylic acids is 1. The van der Waals surface area contributed by atoms with Gasteiger partial charge in [-0.05, 0) is 66.4 Å². The minimum absolute atomic E-state index is 0.208. The van der Waals surface area contributed by atoms with E-state index in [0.717, 1.165) is 23.5 Å². The Morgan fingerprint density at radius 1 is 1.35 bits per heavy atom. The second kappa shape index (κ2) is 9.01. The highest BCUT2D eigenvalue weighted by Gasteiger charge is 2.29. The van der Waals surface area contributed by atoms with Gasteiger partial charge in [0.2, 0.25) is 5.91 Å². The molecule has 0 aromatic heterocycles. The van der Waals surface area contributed by atoms with Gasteiger partial charge in [0.15, 0.2) is 0 Å². The number of halogens is 1. The van der Waals surface area contributed by atoms with Gasteiger partial charge in [-0.1, -0.05) is 12.8 Å². The molecule has 2 atom stereocenters. The van der Waals surface area contributed by atoms with Gasteiger partial charge in [0.1, 0.15) is 11.9 Å². The van der Waals surface area contributed by atoms with Crippen molar-refractivity contribution in [1.29, 1.82) is 0 Å². The number of dihydropyridines is 1. The lowest BCUT2D eigenvalue weighted by Crippen LogP contribution is -2.50. The molecule has 0 saturated heterocycles. The highest BCUT2D eigenvalue weighted by molar-refractivity contribution is 5.85. The number of benzene rings is 1. The molecule has 0 radical (unpaired) electrons. The Kier molecular flexibility index (Phi) is 6.18. The summed E-state index contributed by atoms with van der Waals surface area (Å²) in [5.74, 6) is 0.243. The second-order valence-corrected chi connectivity index (χ2v) is 8.69. The van der Waals surface area contributed by atoms with E-state index in [4.69, 9.17) is 5.73 Å². The molecule has 3 aliphatic rings. The summed E-state index contributed by atoms with van der Waals surface area (Å²) in [4.78, 5) is 13.0. The molecule has 1 amide bonds. The number of nitrogens with one attached hydrogen (secondary N) is 4. The van der Waals surface area contributed by atoms with Crippen molar-refractivity contribution in [3.63, 3.8) is 0 Å². The zero-order chi connectivity index (χ0) is 22.0. The zero-order valence-electron chi connectivity index (χ0n) is 18.0. The van der Waals surface area contributed by atoms with Crippen molar-refractivity contribution in [1.82, 2.24) is 26.4 Å². The predicted molar refractivity (Wildman–Crippen MR) is 119 cm³/mol.